The Morgan fingerprint density at radius 1 is 0.897 bits per heavy atom. The lowest BCUT2D eigenvalue weighted by Gasteiger charge is -2.37. The van der Waals surface area contributed by atoms with Gasteiger partial charge in [-0.25, -0.2) is 4.79 Å². The second-order valence-electron chi connectivity index (χ2n) is 9.01. The highest BCUT2D eigenvalue weighted by molar-refractivity contribution is 5.80. The molecule has 3 fully saturated rings. The Balaban J connectivity index is 1.22. The molecule has 3 heterocycles. The third kappa shape index (κ3) is 4.85. The van der Waals surface area contributed by atoms with Gasteiger partial charge in [0.05, 0.1) is 0 Å². The van der Waals surface area contributed by atoms with Gasteiger partial charge in [0.15, 0.2) is 0 Å². The highest BCUT2D eigenvalue weighted by Crippen LogP contribution is 2.24. The normalized spacial score (nSPS) is 25.9. The van der Waals surface area contributed by atoms with Gasteiger partial charge in [-0.15, -0.1) is 0 Å². The Hall–Kier alpha value is -2.24. The van der Waals surface area contributed by atoms with Gasteiger partial charge in [-0.05, 0) is 50.2 Å². The number of urea groups is 1. The second-order valence-corrected chi connectivity index (χ2v) is 9.01. The van der Waals surface area contributed by atoms with E-state index in [-0.39, 0.29) is 18.0 Å². The van der Waals surface area contributed by atoms with E-state index < -0.39 is 0 Å². The Kier molecular flexibility index (Phi) is 6.26. The summed E-state index contributed by atoms with van der Waals surface area (Å²) in [5.74, 6) is 1.01. The van der Waals surface area contributed by atoms with Crippen molar-refractivity contribution in [3.05, 3.63) is 30.3 Å². The number of piperidine rings is 2. The highest BCUT2D eigenvalue weighted by Gasteiger charge is 2.33. The van der Waals surface area contributed by atoms with Crippen molar-refractivity contribution in [2.45, 2.75) is 45.1 Å². The van der Waals surface area contributed by atoms with Crippen LogP contribution < -0.4 is 10.2 Å². The molecule has 3 aliphatic rings. The first kappa shape index (κ1) is 20.0. The molecular formula is C23H34N4O2. The maximum atomic E-state index is 12.8. The van der Waals surface area contributed by atoms with E-state index in [4.69, 9.17) is 0 Å². The van der Waals surface area contributed by atoms with Gasteiger partial charge in [-0.1, -0.05) is 25.1 Å². The summed E-state index contributed by atoms with van der Waals surface area (Å²) in [5.41, 5.74) is 1.22. The average Bonchev–Trinajstić information content (AvgIpc) is 3.22. The first-order valence-electron chi connectivity index (χ1n) is 11.2. The van der Waals surface area contributed by atoms with Gasteiger partial charge >= 0.3 is 6.03 Å². The lowest BCUT2D eigenvalue weighted by atomic mass is 9.93. The molecule has 3 amide bonds. The van der Waals surface area contributed by atoms with Crippen LogP contribution in [0.25, 0.3) is 0 Å². The van der Waals surface area contributed by atoms with Crippen molar-refractivity contribution in [1.82, 2.24) is 15.1 Å². The molecule has 1 aromatic carbocycles. The Bertz CT molecular complexity index is 702. The predicted molar refractivity (Wildman–Crippen MR) is 115 cm³/mol. The van der Waals surface area contributed by atoms with Crippen molar-refractivity contribution in [2.75, 3.05) is 44.2 Å². The highest BCUT2D eigenvalue weighted by atomic mass is 16.2. The summed E-state index contributed by atoms with van der Waals surface area (Å²) < 4.78 is 0. The fourth-order valence-electron chi connectivity index (χ4n) is 4.99. The number of anilines is 1. The van der Waals surface area contributed by atoms with Gasteiger partial charge < -0.3 is 20.0 Å². The van der Waals surface area contributed by atoms with E-state index in [1.165, 1.54) is 12.1 Å². The molecule has 2 atom stereocenters. The molecule has 0 spiro atoms. The fraction of sp³-hybridized carbons (Fsp3) is 0.652. The molecule has 0 bridgehead atoms. The molecule has 1 N–H and O–H groups in total. The SMILES string of the molecule is CC1CCCN(C(=O)C2CCN(C(=O)NC3CCN(c4ccccc4)C3)CC2)C1. The summed E-state index contributed by atoms with van der Waals surface area (Å²) in [5, 5.41) is 3.21. The van der Waals surface area contributed by atoms with Crippen LogP contribution in [0, 0.1) is 11.8 Å². The fourth-order valence-corrected chi connectivity index (χ4v) is 4.99. The number of amides is 3. The second kappa shape index (κ2) is 9.06. The number of carbonyl (C=O) groups is 2. The molecule has 3 saturated heterocycles. The minimum Gasteiger partial charge on any atom is -0.369 e. The van der Waals surface area contributed by atoms with Gasteiger partial charge in [0, 0.05) is 56.9 Å². The zero-order chi connectivity index (χ0) is 20.2. The van der Waals surface area contributed by atoms with E-state index in [0.717, 1.165) is 51.9 Å². The number of hydrogen-bond acceptors (Lipinski definition) is 3. The van der Waals surface area contributed by atoms with E-state index in [2.05, 4.69) is 46.3 Å². The van der Waals surface area contributed by atoms with Crippen LogP contribution in [0.4, 0.5) is 10.5 Å². The topological polar surface area (TPSA) is 55.9 Å². The number of rotatable bonds is 3. The van der Waals surface area contributed by atoms with Crippen molar-refractivity contribution in [3.63, 3.8) is 0 Å². The number of para-hydroxylation sites is 1. The van der Waals surface area contributed by atoms with Crippen LogP contribution >= 0.6 is 0 Å². The molecule has 6 heteroatoms. The molecular weight excluding hydrogens is 364 g/mol. The standard InChI is InChI=1S/C23H34N4O2/c1-18-6-5-12-27(16-18)22(28)19-9-13-25(14-10-19)23(29)24-20-11-15-26(17-20)21-7-3-2-4-8-21/h2-4,7-8,18-20H,5-6,9-17H2,1H3,(H,24,29). The largest absolute Gasteiger partial charge is 0.369 e. The Morgan fingerprint density at radius 3 is 2.38 bits per heavy atom. The molecule has 0 aliphatic carbocycles. The smallest absolute Gasteiger partial charge is 0.317 e. The average molecular weight is 399 g/mol. The number of benzene rings is 1. The molecule has 1 aromatic rings. The molecule has 158 valence electrons. The zero-order valence-corrected chi connectivity index (χ0v) is 17.6. The summed E-state index contributed by atoms with van der Waals surface area (Å²) in [6, 6.07) is 10.6. The van der Waals surface area contributed by atoms with E-state index in [1.54, 1.807) is 0 Å². The van der Waals surface area contributed by atoms with Crippen LogP contribution in [0.3, 0.4) is 0 Å². The number of hydrogen-bond donors (Lipinski definition) is 1. The lowest BCUT2D eigenvalue weighted by molar-refractivity contribution is -0.138. The van der Waals surface area contributed by atoms with Gasteiger partial charge in [0.25, 0.3) is 0 Å². The molecule has 4 rings (SSSR count). The van der Waals surface area contributed by atoms with Gasteiger partial charge in [0.2, 0.25) is 5.91 Å². The summed E-state index contributed by atoms with van der Waals surface area (Å²) in [7, 11) is 0. The van der Waals surface area contributed by atoms with Crippen LogP contribution in [0.15, 0.2) is 30.3 Å². The summed E-state index contributed by atoms with van der Waals surface area (Å²) in [4.78, 5) is 31.8. The summed E-state index contributed by atoms with van der Waals surface area (Å²) in [6.45, 7) is 7.23. The number of likely N-dealkylation sites (tertiary alicyclic amines) is 2. The summed E-state index contributed by atoms with van der Waals surface area (Å²) >= 11 is 0. The van der Waals surface area contributed by atoms with Crippen LogP contribution in [0.2, 0.25) is 0 Å². The number of nitrogens with zero attached hydrogens (tertiary/aromatic N) is 3. The Labute approximate surface area is 174 Å². The van der Waals surface area contributed by atoms with Crippen molar-refractivity contribution in [2.24, 2.45) is 11.8 Å². The predicted octanol–water partition coefficient (Wildman–Crippen LogP) is 2.95. The molecule has 0 radical (unpaired) electrons. The van der Waals surface area contributed by atoms with E-state index in [0.29, 0.717) is 24.9 Å². The molecule has 2 unspecified atom stereocenters. The minimum absolute atomic E-state index is 0.0300. The van der Waals surface area contributed by atoms with Crippen molar-refractivity contribution in [3.8, 4) is 0 Å². The van der Waals surface area contributed by atoms with Crippen molar-refractivity contribution >= 4 is 17.6 Å². The first-order chi connectivity index (χ1) is 14.1. The van der Waals surface area contributed by atoms with Gasteiger partial charge in [-0.3, -0.25) is 4.79 Å². The monoisotopic (exact) mass is 398 g/mol. The summed E-state index contributed by atoms with van der Waals surface area (Å²) in [6.07, 6.45) is 4.90. The lowest BCUT2D eigenvalue weighted by Crippen LogP contribution is -2.51. The number of nitrogens with one attached hydrogen (secondary N) is 1. The van der Waals surface area contributed by atoms with E-state index in [9.17, 15) is 9.59 Å². The Morgan fingerprint density at radius 2 is 1.66 bits per heavy atom. The molecule has 3 aliphatic heterocycles. The van der Waals surface area contributed by atoms with Crippen molar-refractivity contribution in [1.29, 1.82) is 0 Å². The van der Waals surface area contributed by atoms with Crippen LogP contribution in [-0.4, -0.2) is 67.0 Å². The van der Waals surface area contributed by atoms with Crippen LogP contribution in [0.5, 0.6) is 0 Å². The maximum absolute atomic E-state index is 12.8. The van der Waals surface area contributed by atoms with E-state index in [1.807, 2.05) is 11.0 Å². The quantitative estimate of drug-likeness (QED) is 0.852. The van der Waals surface area contributed by atoms with Crippen molar-refractivity contribution < 1.29 is 9.59 Å². The zero-order valence-electron chi connectivity index (χ0n) is 17.6. The molecule has 0 saturated carbocycles. The van der Waals surface area contributed by atoms with Gasteiger partial charge in [-0.2, -0.15) is 0 Å². The molecule has 29 heavy (non-hydrogen) atoms. The number of carbonyl (C=O) groups excluding carboxylic acids is 2. The van der Waals surface area contributed by atoms with Crippen LogP contribution in [0.1, 0.15) is 39.0 Å². The third-order valence-corrected chi connectivity index (χ3v) is 6.74. The molecule has 6 nitrogen and oxygen atoms in total. The third-order valence-electron chi connectivity index (χ3n) is 6.74. The maximum Gasteiger partial charge on any atom is 0.317 e. The minimum atomic E-state index is 0.0300. The van der Waals surface area contributed by atoms with Crippen LogP contribution in [-0.2, 0) is 4.79 Å². The first-order valence-corrected chi connectivity index (χ1v) is 11.2. The van der Waals surface area contributed by atoms with E-state index >= 15 is 0 Å². The molecule has 0 aromatic heterocycles. The van der Waals surface area contributed by atoms with Gasteiger partial charge in [0.1, 0.15) is 0 Å².